The lowest BCUT2D eigenvalue weighted by molar-refractivity contribution is -0.130. The van der Waals surface area contributed by atoms with Gasteiger partial charge in [0.05, 0.1) is 0 Å². The Kier molecular flexibility index (Phi) is 6.39. The summed E-state index contributed by atoms with van der Waals surface area (Å²) in [5.41, 5.74) is -0.640. The molecule has 0 bridgehead atoms. The van der Waals surface area contributed by atoms with Crippen molar-refractivity contribution in [2.75, 3.05) is 13.1 Å². The Labute approximate surface area is 131 Å². The molecule has 1 aliphatic heterocycles. The Morgan fingerprint density at radius 3 is 2.68 bits per heavy atom. The van der Waals surface area contributed by atoms with E-state index in [1.807, 2.05) is 0 Å². The zero-order valence-electron chi connectivity index (χ0n) is 13.5. The first-order valence-corrected chi connectivity index (χ1v) is 7.44. The van der Waals surface area contributed by atoms with Crippen LogP contribution in [0.3, 0.4) is 0 Å². The maximum atomic E-state index is 12.4. The number of urea groups is 1. The maximum Gasteiger partial charge on any atom is 0.408 e. The monoisotopic (exact) mass is 311 g/mol. The summed E-state index contributed by atoms with van der Waals surface area (Å²) < 4.78 is 5.16. The number of alkyl carbamates (subject to hydrolysis) is 1. The second-order valence-corrected chi connectivity index (χ2v) is 6.16. The molecule has 0 spiro atoms. The molecule has 1 fully saturated rings. The predicted molar refractivity (Wildman–Crippen MR) is 82.3 cm³/mol. The summed E-state index contributed by atoms with van der Waals surface area (Å²) in [6.07, 6.45) is 2.83. The highest BCUT2D eigenvalue weighted by molar-refractivity contribution is 5.98. The van der Waals surface area contributed by atoms with Gasteiger partial charge in [-0.3, -0.25) is 9.69 Å². The number of imide groups is 1. The van der Waals surface area contributed by atoms with Crippen molar-refractivity contribution in [3.63, 3.8) is 0 Å². The molecule has 124 valence electrons. The number of nitrogens with zero attached hydrogens (tertiary/aromatic N) is 1. The molecule has 1 rings (SSSR count). The summed E-state index contributed by atoms with van der Waals surface area (Å²) >= 11 is 0. The SMILES string of the molecule is C=CCNC(=O)N1CCCC[C@H](NC(=O)OC(C)(C)C)C1=O. The van der Waals surface area contributed by atoms with E-state index in [2.05, 4.69) is 17.2 Å². The van der Waals surface area contributed by atoms with Gasteiger partial charge in [-0.05, 0) is 40.0 Å². The molecule has 1 atom stereocenters. The Morgan fingerprint density at radius 1 is 1.41 bits per heavy atom. The number of hydrogen-bond acceptors (Lipinski definition) is 4. The van der Waals surface area contributed by atoms with Gasteiger partial charge < -0.3 is 15.4 Å². The van der Waals surface area contributed by atoms with Gasteiger partial charge in [0.1, 0.15) is 11.6 Å². The Balaban J connectivity index is 2.70. The van der Waals surface area contributed by atoms with Crippen molar-refractivity contribution < 1.29 is 19.1 Å². The number of carbonyl (C=O) groups is 3. The normalized spacial score (nSPS) is 19.1. The minimum Gasteiger partial charge on any atom is -0.444 e. The summed E-state index contributed by atoms with van der Waals surface area (Å²) in [5, 5.41) is 5.13. The lowest BCUT2D eigenvalue weighted by Gasteiger charge is -2.25. The molecule has 0 unspecified atom stereocenters. The number of carbonyl (C=O) groups excluding carboxylic acids is 3. The van der Waals surface area contributed by atoms with Crippen LogP contribution in [0.5, 0.6) is 0 Å². The summed E-state index contributed by atoms with van der Waals surface area (Å²) in [5.74, 6) is -0.412. The van der Waals surface area contributed by atoms with Crippen molar-refractivity contribution in [3.8, 4) is 0 Å². The smallest absolute Gasteiger partial charge is 0.408 e. The van der Waals surface area contributed by atoms with E-state index in [-0.39, 0.29) is 6.54 Å². The molecule has 1 heterocycles. The largest absolute Gasteiger partial charge is 0.444 e. The van der Waals surface area contributed by atoms with Crippen molar-refractivity contribution in [3.05, 3.63) is 12.7 Å². The molecule has 0 aliphatic carbocycles. The van der Waals surface area contributed by atoms with Gasteiger partial charge in [0, 0.05) is 13.1 Å². The highest BCUT2D eigenvalue weighted by atomic mass is 16.6. The number of amides is 4. The molecular formula is C15H25N3O4. The van der Waals surface area contributed by atoms with E-state index in [9.17, 15) is 14.4 Å². The molecule has 22 heavy (non-hydrogen) atoms. The summed E-state index contributed by atoms with van der Waals surface area (Å²) in [7, 11) is 0. The number of rotatable bonds is 3. The third-order valence-electron chi connectivity index (χ3n) is 3.02. The van der Waals surface area contributed by atoms with Crippen molar-refractivity contribution in [1.29, 1.82) is 0 Å². The van der Waals surface area contributed by atoms with Crippen molar-refractivity contribution >= 4 is 18.0 Å². The van der Waals surface area contributed by atoms with Gasteiger partial charge >= 0.3 is 12.1 Å². The highest BCUT2D eigenvalue weighted by Gasteiger charge is 2.32. The summed E-state index contributed by atoms with van der Waals surface area (Å²) in [4.78, 5) is 37.4. The molecule has 7 nitrogen and oxygen atoms in total. The van der Waals surface area contributed by atoms with Crippen LogP contribution in [0.25, 0.3) is 0 Å². The number of hydrogen-bond donors (Lipinski definition) is 2. The van der Waals surface area contributed by atoms with E-state index in [1.165, 1.54) is 6.08 Å². The van der Waals surface area contributed by atoms with Gasteiger partial charge in [-0.1, -0.05) is 6.08 Å². The van der Waals surface area contributed by atoms with Crippen molar-refractivity contribution in [2.24, 2.45) is 0 Å². The molecule has 4 amide bonds. The van der Waals surface area contributed by atoms with Crippen molar-refractivity contribution in [1.82, 2.24) is 15.5 Å². The quantitative estimate of drug-likeness (QED) is 0.778. The van der Waals surface area contributed by atoms with Crippen LogP contribution in [0.4, 0.5) is 9.59 Å². The van der Waals surface area contributed by atoms with Gasteiger partial charge in [0.2, 0.25) is 0 Å². The van der Waals surface area contributed by atoms with Crippen LogP contribution in [0.2, 0.25) is 0 Å². The third kappa shape index (κ3) is 5.75. The summed E-state index contributed by atoms with van der Waals surface area (Å²) in [6, 6.07) is -1.21. The lowest BCUT2D eigenvalue weighted by atomic mass is 10.1. The molecule has 0 saturated carbocycles. The second-order valence-electron chi connectivity index (χ2n) is 6.16. The fraction of sp³-hybridized carbons (Fsp3) is 0.667. The maximum absolute atomic E-state index is 12.4. The molecule has 1 saturated heterocycles. The van der Waals surface area contributed by atoms with Crippen LogP contribution in [0, 0.1) is 0 Å². The number of likely N-dealkylation sites (tertiary alicyclic amines) is 1. The Morgan fingerprint density at radius 2 is 2.09 bits per heavy atom. The van der Waals surface area contributed by atoms with Gasteiger partial charge in [0.15, 0.2) is 0 Å². The van der Waals surface area contributed by atoms with Crippen LogP contribution in [0.15, 0.2) is 12.7 Å². The van der Waals surface area contributed by atoms with E-state index in [0.29, 0.717) is 19.4 Å². The second kappa shape index (κ2) is 7.82. The first kappa shape index (κ1) is 18.0. The molecule has 0 aromatic rings. The van der Waals surface area contributed by atoms with E-state index in [4.69, 9.17) is 4.74 Å². The minimum absolute atomic E-state index is 0.284. The molecule has 0 radical (unpaired) electrons. The zero-order valence-corrected chi connectivity index (χ0v) is 13.5. The Bertz CT molecular complexity index is 443. The van der Waals surface area contributed by atoms with E-state index in [0.717, 1.165) is 11.3 Å². The molecule has 7 heteroatoms. The van der Waals surface area contributed by atoms with Gasteiger partial charge in [0.25, 0.3) is 5.91 Å². The van der Waals surface area contributed by atoms with Crippen LogP contribution < -0.4 is 10.6 Å². The Hall–Kier alpha value is -2.05. The van der Waals surface area contributed by atoms with Crippen molar-refractivity contribution in [2.45, 2.75) is 51.7 Å². The fourth-order valence-corrected chi connectivity index (χ4v) is 2.08. The van der Waals surface area contributed by atoms with Crippen LogP contribution in [-0.4, -0.2) is 47.7 Å². The lowest BCUT2D eigenvalue weighted by Crippen LogP contribution is -2.52. The zero-order chi connectivity index (χ0) is 16.8. The van der Waals surface area contributed by atoms with Gasteiger partial charge in [-0.25, -0.2) is 9.59 Å². The minimum atomic E-state index is -0.744. The fourth-order valence-electron chi connectivity index (χ4n) is 2.08. The molecular weight excluding hydrogens is 286 g/mol. The van der Waals surface area contributed by atoms with Gasteiger partial charge in [-0.15, -0.1) is 6.58 Å². The predicted octanol–water partition coefficient (Wildman–Crippen LogP) is 1.79. The number of nitrogens with one attached hydrogen (secondary N) is 2. The van der Waals surface area contributed by atoms with Crippen LogP contribution >= 0.6 is 0 Å². The van der Waals surface area contributed by atoms with Crippen LogP contribution in [-0.2, 0) is 9.53 Å². The highest BCUT2D eigenvalue weighted by Crippen LogP contribution is 2.14. The van der Waals surface area contributed by atoms with Gasteiger partial charge in [-0.2, -0.15) is 0 Å². The number of ether oxygens (including phenoxy) is 1. The third-order valence-corrected chi connectivity index (χ3v) is 3.02. The first-order valence-electron chi connectivity index (χ1n) is 7.44. The average molecular weight is 311 g/mol. The standard InChI is InChI=1S/C15H25N3O4/c1-5-9-16-13(20)18-10-7-6-8-11(12(18)19)17-14(21)22-15(2,3)4/h5,11H,1,6-10H2,2-4H3,(H,16,20)(H,17,21)/t11-/m0/s1. The van der Waals surface area contributed by atoms with E-state index in [1.54, 1.807) is 20.8 Å². The molecule has 0 aromatic carbocycles. The van der Waals surface area contributed by atoms with E-state index < -0.39 is 29.7 Å². The molecule has 0 aromatic heterocycles. The topological polar surface area (TPSA) is 87.7 Å². The summed E-state index contributed by atoms with van der Waals surface area (Å²) in [6.45, 7) is 9.38. The van der Waals surface area contributed by atoms with Crippen LogP contribution in [0.1, 0.15) is 40.0 Å². The molecule has 2 N–H and O–H groups in total. The first-order chi connectivity index (χ1) is 10.2. The van der Waals surface area contributed by atoms with E-state index >= 15 is 0 Å². The molecule has 1 aliphatic rings. The average Bonchev–Trinajstić information content (AvgIpc) is 2.57.